The van der Waals surface area contributed by atoms with Gasteiger partial charge in [-0.25, -0.2) is 4.79 Å². The standard InChI is InChI=1S/C22H19ClN6O4/c23-12-6-7-14(13(10-12)19-28-22(32)33-29-19)26-21(31)17-9-11-3-1-4-15(18(11)25-17)27-20(30)16-5-2-8-24-16/h1,3-4,6-7,9-10,16,24-25H,2,5,8H2,(H,26,31)(H,27,30)(H,28,29,32)/t16-/m1/s1. The Kier molecular flexibility index (Phi) is 5.45. The fourth-order valence-corrected chi connectivity index (χ4v) is 4.04. The van der Waals surface area contributed by atoms with E-state index in [4.69, 9.17) is 11.6 Å². The number of aromatic amines is 2. The van der Waals surface area contributed by atoms with Crippen molar-refractivity contribution in [3.05, 3.63) is 63.7 Å². The van der Waals surface area contributed by atoms with E-state index in [1.54, 1.807) is 30.3 Å². The zero-order valence-corrected chi connectivity index (χ0v) is 18.0. The van der Waals surface area contributed by atoms with Gasteiger partial charge in [-0.3, -0.25) is 19.1 Å². The molecular formula is C22H19ClN6O4. The van der Waals surface area contributed by atoms with E-state index in [1.165, 1.54) is 0 Å². The van der Waals surface area contributed by atoms with Crippen molar-refractivity contribution in [3.8, 4) is 11.4 Å². The smallest absolute Gasteiger partial charge is 0.349 e. The van der Waals surface area contributed by atoms with Gasteiger partial charge in [0.25, 0.3) is 5.91 Å². The number of nitrogens with zero attached hydrogens (tertiary/aromatic N) is 1. The molecule has 10 nitrogen and oxygen atoms in total. The van der Waals surface area contributed by atoms with Crippen LogP contribution in [0, 0.1) is 0 Å². The molecule has 0 radical (unpaired) electrons. The minimum atomic E-state index is -0.722. The second-order valence-electron chi connectivity index (χ2n) is 7.68. The summed E-state index contributed by atoms with van der Waals surface area (Å²) in [5.41, 5.74) is 2.31. The molecule has 1 aliphatic rings. The number of halogens is 1. The molecule has 4 aromatic rings. The molecule has 1 atom stereocenters. The maximum atomic E-state index is 13.0. The molecule has 168 valence electrons. The number of fused-ring (bicyclic) bond motifs is 1. The Morgan fingerprint density at radius 2 is 1.97 bits per heavy atom. The molecule has 0 bridgehead atoms. The Labute approximate surface area is 191 Å². The van der Waals surface area contributed by atoms with Crippen LogP contribution in [0.5, 0.6) is 0 Å². The number of nitrogens with one attached hydrogen (secondary N) is 5. The van der Waals surface area contributed by atoms with Gasteiger partial charge in [-0.1, -0.05) is 28.9 Å². The van der Waals surface area contributed by atoms with Crippen molar-refractivity contribution in [2.24, 2.45) is 0 Å². The summed E-state index contributed by atoms with van der Waals surface area (Å²) in [6.45, 7) is 0.823. The summed E-state index contributed by atoms with van der Waals surface area (Å²) in [5.74, 6) is -1.11. The Hall–Kier alpha value is -3.89. The summed E-state index contributed by atoms with van der Waals surface area (Å²) in [5, 5.41) is 13.7. The number of carbonyl (C=O) groups is 2. The van der Waals surface area contributed by atoms with Gasteiger partial charge in [-0.05, 0) is 49.7 Å². The summed E-state index contributed by atoms with van der Waals surface area (Å²) in [6.07, 6.45) is 1.75. The predicted molar refractivity (Wildman–Crippen MR) is 123 cm³/mol. The first-order chi connectivity index (χ1) is 16.0. The van der Waals surface area contributed by atoms with Crippen LogP contribution in [0.1, 0.15) is 23.3 Å². The largest absolute Gasteiger partial charge is 0.439 e. The van der Waals surface area contributed by atoms with Crippen molar-refractivity contribution in [2.75, 3.05) is 17.2 Å². The fourth-order valence-electron chi connectivity index (χ4n) is 3.87. The Morgan fingerprint density at radius 1 is 1.09 bits per heavy atom. The molecule has 5 rings (SSSR count). The topological polar surface area (TPSA) is 145 Å². The molecule has 11 heteroatoms. The molecule has 1 saturated heterocycles. The van der Waals surface area contributed by atoms with Gasteiger partial charge in [0, 0.05) is 16.0 Å². The lowest BCUT2D eigenvalue weighted by Gasteiger charge is -2.11. The maximum absolute atomic E-state index is 13.0. The van der Waals surface area contributed by atoms with Gasteiger partial charge in [0.15, 0.2) is 5.82 Å². The van der Waals surface area contributed by atoms with Crippen molar-refractivity contribution < 1.29 is 14.1 Å². The highest BCUT2D eigenvalue weighted by atomic mass is 35.5. The molecular weight excluding hydrogens is 448 g/mol. The predicted octanol–water partition coefficient (Wildman–Crippen LogP) is 3.11. The lowest BCUT2D eigenvalue weighted by Crippen LogP contribution is -2.35. The van der Waals surface area contributed by atoms with E-state index in [0.29, 0.717) is 33.2 Å². The number of anilines is 2. The first-order valence-electron chi connectivity index (χ1n) is 10.3. The minimum Gasteiger partial charge on any atom is -0.349 e. The third kappa shape index (κ3) is 4.26. The maximum Gasteiger partial charge on any atom is 0.439 e. The lowest BCUT2D eigenvalue weighted by molar-refractivity contribution is -0.117. The van der Waals surface area contributed by atoms with Crippen molar-refractivity contribution >= 4 is 45.7 Å². The monoisotopic (exact) mass is 466 g/mol. The lowest BCUT2D eigenvalue weighted by atomic mass is 10.1. The average Bonchev–Trinajstić information content (AvgIpc) is 3.55. The minimum absolute atomic E-state index is 0.104. The van der Waals surface area contributed by atoms with E-state index in [0.717, 1.165) is 24.8 Å². The van der Waals surface area contributed by atoms with Gasteiger partial charge in [0.1, 0.15) is 5.69 Å². The van der Waals surface area contributed by atoms with Crippen LogP contribution in [-0.4, -0.2) is 39.5 Å². The van der Waals surface area contributed by atoms with E-state index >= 15 is 0 Å². The zero-order valence-electron chi connectivity index (χ0n) is 17.2. The normalized spacial score (nSPS) is 15.6. The highest BCUT2D eigenvalue weighted by molar-refractivity contribution is 6.31. The molecule has 0 aliphatic carbocycles. The number of para-hydroxylation sites is 1. The van der Waals surface area contributed by atoms with Crippen molar-refractivity contribution in [1.82, 2.24) is 20.4 Å². The molecule has 2 aromatic carbocycles. The number of carbonyl (C=O) groups excluding carboxylic acids is 2. The van der Waals surface area contributed by atoms with Crippen molar-refractivity contribution in [3.63, 3.8) is 0 Å². The molecule has 1 aliphatic heterocycles. The molecule has 3 heterocycles. The Balaban J connectivity index is 1.42. The van der Waals surface area contributed by atoms with Crippen LogP contribution in [-0.2, 0) is 4.79 Å². The Morgan fingerprint density at radius 3 is 2.73 bits per heavy atom. The Bertz CT molecular complexity index is 1420. The average molecular weight is 467 g/mol. The second-order valence-corrected chi connectivity index (χ2v) is 8.12. The number of H-pyrrole nitrogens is 2. The van der Waals surface area contributed by atoms with Crippen LogP contribution in [0.4, 0.5) is 11.4 Å². The summed E-state index contributed by atoms with van der Waals surface area (Å²) in [6, 6.07) is 11.7. The highest BCUT2D eigenvalue weighted by Gasteiger charge is 2.23. The van der Waals surface area contributed by atoms with E-state index < -0.39 is 11.7 Å². The van der Waals surface area contributed by atoms with Gasteiger partial charge in [0.2, 0.25) is 5.91 Å². The molecule has 2 aromatic heterocycles. The van der Waals surface area contributed by atoms with Crippen molar-refractivity contribution in [2.45, 2.75) is 18.9 Å². The summed E-state index contributed by atoms with van der Waals surface area (Å²) in [7, 11) is 0. The van der Waals surface area contributed by atoms with Crippen LogP contribution in [0.2, 0.25) is 5.02 Å². The molecule has 0 spiro atoms. The molecule has 0 unspecified atom stereocenters. The summed E-state index contributed by atoms with van der Waals surface area (Å²) >= 11 is 6.08. The molecule has 1 fully saturated rings. The third-order valence-electron chi connectivity index (χ3n) is 5.46. The van der Waals surface area contributed by atoms with Crippen LogP contribution in [0.25, 0.3) is 22.3 Å². The van der Waals surface area contributed by atoms with E-state index in [1.807, 2.05) is 12.1 Å². The van der Waals surface area contributed by atoms with Gasteiger partial charge in [0.05, 0.1) is 22.9 Å². The fraction of sp³-hybridized carbons (Fsp3) is 0.182. The highest BCUT2D eigenvalue weighted by Crippen LogP contribution is 2.29. The quantitative estimate of drug-likeness (QED) is 0.305. The number of hydrogen-bond donors (Lipinski definition) is 5. The van der Waals surface area contributed by atoms with E-state index in [9.17, 15) is 14.4 Å². The first kappa shape index (κ1) is 21.0. The van der Waals surface area contributed by atoms with Crippen LogP contribution < -0.4 is 21.7 Å². The SMILES string of the molecule is O=C(Nc1ccc(Cl)cc1-c1noc(=O)[nH]1)c1cc2cccc(NC(=O)[C@H]3CCCN3)c2[nH]1. The number of aromatic nitrogens is 3. The number of benzene rings is 2. The summed E-state index contributed by atoms with van der Waals surface area (Å²) < 4.78 is 4.56. The summed E-state index contributed by atoms with van der Waals surface area (Å²) in [4.78, 5) is 42.4. The van der Waals surface area contributed by atoms with Gasteiger partial charge < -0.3 is 20.9 Å². The number of rotatable bonds is 5. The molecule has 0 saturated carbocycles. The third-order valence-corrected chi connectivity index (χ3v) is 5.70. The van der Waals surface area contributed by atoms with Gasteiger partial charge in [-0.15, -0.1) is 0 Å². The van der Waals surface area contributed by atoms with E-state index in [-0.39, 0.29) is 17.8 Å². The first-order valence-corrected chi connectivity index (χ1v) is 10.7. The zero-order chi connectivity index (χ0) is 22.9. The van der Waals surface area contributed by atoms with Gasteiger partial charge in [-0.2, -0.15) is 0 Å². The van der Waals surface area contributed by atoms with Crippen LogP contribution in [0.3, 0.4) is 0 Å². The number of amides is 2. The van der Waals surface area contributed by atoms with Crippen LogP contribution in [0.15, 0.2) is 51.8 Å². The van der Waals surface area contributed by atoms with Gasteiger partial charge >= 0.3 is 5.76 Å². The molecule has 33 heavy (non-hydrogen) atoms. The molecule has 2 amide bonds. The van der Waals surface area contributed by atoms with Crippen molar-refractivity contribution in [1.29, 1.82) is 0 Å². The van der Waals surface area contributed by atoms with Crippen LogP contribution >= 0.6 is 11.6 Å². The number of hydrogen-bond acceptors (Lipinski definition) is 6. The van der Waals surface area contributed by atoms with E-state index in [2.05, 4.69) is 35.6 Å². The second kappa shape index (κ2) is 8.57. The molecule has 5 N–H and O–H groups in total.